The van der Waals surface area contributed by atoms with Crippen LogP contribution in [0.2, 0.25) is 0 Å². The number of hydrogen-bond donors (Lipinski definition) is 2. The molecule has 2 rings (SSSR count). The molecular weight excluding hydrogens is 246 g/mol. The molecule has 1 heterocycles. The van der Waals surface area contributed by atoms with Crippen LogP contribution in [0.3, 0.4) is 0 Å². The number of carbonyl (C=O) groups is 1. The van der Waals surface area contributed by atoms with Gasteiger partial charge in [-0.15, -0.1) is 11.8 Å². The Bertz CT molecular complexity index is 493. The number of imidazole rings is 1. The minimum absolute atomic E-state index is 0.0111. The second-order valence-corrected chi connectivity index (χ2v) is 4.96. The zero-order valence-electron chi connectivity index (χ0n) is 10.1. The molecule has 0 aliphatic heterocycles. The molecular formula is C13H15N3OS. The number of rotatable bonds is 5. The molecule has 0 unspecified atom stereocenters. The molecule has 0 saturated carbocycles. The molecule has 0 aliphatic rings. The molecule has 0 radical (unpaired) electrons. The second-order valence-electron chi connectivity index (χ2n) is 3.91. The van der Waals surface area contributed by atoms with Crippen LogP contribution in [0, 0.1) is 6.92 Å². The van der Waals surface area contributed by atoms with Crippen molar-refractivity contribution in [3.8, 4) is 0 Å². The lowest BCUT2D eigenvalue weighted by molar-refractivity contribution is -0.118. The monoisotopic (exact) mass is 261 g/mol. The Morgan fingerprint density at radius 1 is 1.39 bits per heavy atom. The van der Waals surface area contributed by atoms with Gasteiger partial charge in [0.15, 0.2) is 0 Å². The molecule has 94 valence electrons. The molecule has 2 aromatic rings. The number of nitrogens with zero attached hydrogens (tertiary/aromatic N) is 1. The van der Waals surface area contributed by atoms with Crippen molar-refractivity contribution < 1.29 is 4.79 Å². The van der Waals surface area contributed by atoms with Crippen molar-refractivity contribution >= 4 is 17.7 Å². The minimum atomic E-state index is 0.0111. The Morgan fingerprint density at radius 2 is 2.17 bits per heavy atom. The van der Waals surface area contributed by atoms with Crippen LogP contribution < -0.4 is 5.32 Å². The van der Waals surface area contributed by atoms with Gasteiger partial charge in [0.2, 0.25) is 5.91 Å². The van der Waals surface area contributed by atoms with Gasteiger partial charge in [-0.25, -0.2) is 4.98 Å². The highest BCUT2D eigenvalue weighted by Crippen LogP contribution is 2.17. The third kappa shape index (κ3) is 3.92. The van der Waals surface area contributed by atoms with E-state index in [0.717, 1.165) is 10.7 Å². The van der Waals surface area contributed by atoms with Gasteiger partial charge in [-0.3, -0.25) is 4.79 Å². The van der Waals surface area contributed by atoms with E-state index in [1.165, 1.54) is 17.3 Å². The molecule has 0 spiro atoms. The number of aryl methyl sites for hydroxylation is 1. The largest absolute Gasteiger partial charge is 0.348 e. The van der Waals surface area contributed by atoms with Gasteiger partial charge in [-0.2, -0.15) is 0 Å². The molecule has 0 aliphatic carbocycles. The summed E-state index contributed by atoms with van der Waals surface area (Å²) in [5.41, 5.74) is 1.22. The summed E-state index contributed by atoms with van der Waals surface area (Å²) in [6.07, 6.45) is 3.41. The number of thioether (sulfide) groups is 1. The van der Waals surface area contributed by atoms with E-state index < -0.39 is 0 Å². The van der Waals surface area contributed by atoms with Crippen LogP contribution >= 0.6 is 11.8 Å². The lowest BCUT2D eigenvalue weighted by Crippen LogP contribution is -2.25. The highest BCUT2D eigenvalue weighted by molar-refractivity contribution is 8.00. The van der Waals surface area contributed by atoms with Crippen molar-refractivity contribution in [1.82, 2.24) is 15.3 Å². The van der Waals surface area contributed by atoms with Crippen molar-refractivity contribution in [3.63, 3.8) is 0 Å². The number of hydrogen-bond acceptors (Lipinski definition) is 3. The number of benzene rings is 1. The molecule has 1 amide bonds. The second kappa shape index (κ2) is 6.26. The molecule has 0 atom stereocenters. The average molecular weight is 261 g/mol. The number of amides is 1. The third-order valence-electron chi connectivity index (χ3n) is 2.40. The van der Waals surface area contributed by atoms with E-state index in [1.54, 1.807) is 12.4 Å². The van der Waals surface area contributed by atoms with Crippen molar-refractivity contribution in [2.75, 3.05) is 5.75 Å². The topological polar surface area (TPSA) is 57.8 Å². The first-order valence-electron chi connectivity index (χ1n) is 5.68. The minimum Gasteiger partial charge on any atom is -0.348 e. The molecule has 0 bridgehead atoms. The summed E-state index contributed by atoms with van der Waals surface area (Å²) < 4.78 is 0. The molecule has 18 heavy (non-hydrogen) atoms. The maximum Gasteiger partial charge on any atom is 0.230 e. The zero-order valence-corrected chi connectivity index (χ0v) is 11.0. The number of aromatic amines is 1. The Hall–Kier alpha value is -1.75. The predicted octanol–water partition coefficient (Wildman–Crippen LogP) is 2.13. The van der Waals surface area contributed by atoms with Crippen LogP contribution in [0.4, 0.5) is 0 Å². The predicted molar refractivity (Wildman–Crippen MR) is 72.3 cm³/mol. The fraction of sp³-hybridized carbons (Fsp3) is 0.231. The van der Waals surface area contributed by atoms with Crippen LogP contribution in [-0.2, 0) is 11.3 Å². The highest BCUT2D eigenvalue weighted by atomic mass is 32.2. The quantitative estimate of drug-likeness (QED) is 0.811. The van der Waals surface area contributed by atoms with E-state index >= 15 is 0 Å². The lowest BCUT2D eigenvalue weighted by atomic mass is 10.2. The van der Waals surface area contributed by atoms with Crippen LogP contribution in [0.25, 0.3) is 0 Å². The fourth-order valence-corrected chi connectivity index (χ4v) is 2.14. The third-order valence-corrected chi connectivity index (χ3v) is 3.41. The van der Waals surface area contributed by atoms with Crippen molar-refractivity contribution in [3.05, 3.63) is 48.0 Å². The van der Waals surface area contributed by atoms with Crippen molar-refractivity contribution in [2.45, 2.75) is 18.4 Å². The summed E-state index contributed by atoms with van der Waals surface area (Å²) in [6, 6.07) is 8.14. The van der Waals surface area contributed by atoms with Gasteiger partial charge in [0.05, 0.1) is 12.3 Å². The number of carbonyl (C=O) groups excluding carboxylic acids is 1. The van der Waals surface area contributed by atoms with Gasteiger partial charge < -0.3 is 10.3 Å². The fourth-order valence-electron chi connectivity index (χ4n) is 1.41. The lowest BCUT2D eigenvalue weighted by Gasteiger charge is -2.03. The normalized spacial score (nSPS) is 10.3. The molecule has 0 saturated heterocycles. The highest BCUT2D eigenvalue weighted by Gasteiger charge is 2.03. The smallest absolute Gasteiger partial charge is 0.230 e. The van der Waals surface area contributed by atoms with Crippen molar-refractivity contribution in [1.29, 1.82) is 0 Å². The van der Waals surface area contributed by atoms with Crippen molar-refractivity contribution in [2.24, 2.45) is 0 Å². The first-order valence-corrected chi connectivity index (χ1v) is 6.67. The Morgan fingerprint density at radius 3 is 2.83 bits per heavy atom. The molecule has 2 N–H and O–H groups in total. The van der Waals surface area contributed by atoms with Gasteiger partial charge in [-0.1, -0.05) is 17.7 Å². The summed E-state index contributed by atoms with van der Waals surface area (Å²) in [5, 5.41) is 2.81. The van der Waals surface area contributed by atoms with E-state index in [2.05, 4.69) is 15.3 Å². The van der Waals surface area contributed by atoms with Gasteiger partial charge in [0.1, 0.15) is 5.82 Å². The molecule has 0 fully saturated rings. The summed E-state index contributed by atoms with van der Waals surface area (Å²) in [5.74, 6) is 1.20. The Labute approximate surface area is 110 Å². The Balaban J connectivity index is 1.73. The molecule has 1 aromatic carbocycles. The van der Waals surface area contributed by atoms with Gasteiger partial charge in [0.25, 0.3) is 0 Å². The first-order chi connectivity index (χ1) is 8.74. The van der Waals surface area contributed by atoms with Crippen LogP contribution in [-0.4, -0.2) is 21.6 Å². The first kappa shape index (κ1) is 12.7. The number of aromatic nitrogens is 2. The number of nitrogens with one attached hydrogen (secondary N) is 2. The van der Waals surface area contributed by atoms with Gasteiger partial charge in [-0.05, 0) is 19.1 Å². The maximum absolute atomic E-state index is 11.6. The average Bonchev–Trinajstić information content (AvgIpc) is 2.89. The Kier molecular flexibility index (Phi) is 4.41. The zero-order chi connectivity index (χ0) is 12.8. The van der Waals surface area contributed by atoms with Gasteiger partial charge in [0, 0.05) is 17.3 Å². The summed E-state index contributed by atoms with van der Waals surface area (Å²) in [7, 11) is 0. The number of H-pyrrole nitrogens is 1. The molecule has 5 heteroatoms. The summed E-state index contributed by atoms with van der Waals surface area (Å²) in [4.78, 5) is 19.7. The van der Waals surface area contributed by atoms with Crippen LogP contribution in [0.1, 0.15) is 11.4 Å². The maximum atomic E-state index is 11.6. The van der Waals surface area contributed by atoms with Crippen LogP contribution in [0.5, 0.6) is 0 Å². The summed E-state index contributed by atoms with van der Waals surface area (Å²) in [6.45, 7) is 2.49. The molecule has 4 nitrogen and oxygen atoms in total. The van der Waals surface area contributed by atoms with E-state index in [4.69, 9.17) is 0 Å². The van der Waals surface area contributed by atoms with Crippen LogP contribution in [0.15, 0.2) is 41.6 Å². The summed E-state index contributed by atoms with van der Waals surface area (Å²) >= 11 is 1.53. The molecule has 1 aromatic heterocycles. The SMILES string of the molecule is Cc1ccc(SCC(=O)NCc2ncc[nH]2)cc1. The van der Waals surface area contributed by atoms with E-state index in [0.29, 0.717) is 12.3 Å². The van der Waals surface area contributed by atoms with E-state index in [1.807, 2.05) is 31.2 Å². The standard InChI is InChI=1S/C13H15N3OS/c1-10-2-4-11(5-3-10)18-9-13(17)16-8-12-14-6-7-15-12/h2-7H,8-9H2,1H3,(H,14,15)(H,16,17). The van der Waals surface area contributed by atoms with E-state index in [9.17, 15) is 4.79 Å². The van der Waals surface area contributed by atoms with Gasteiger partial charge >= 0.3 is 0 Å². The van der Waals surface area contributed by atoms with E-state index in [-0.39, 0.29) is 5.91 Å².